The van der Waals surface area contributed by atoms with Crippen molar-refractivity contribution in [2.45, 2.75) is 26.2 Å². The van der Waals surface area contributed by atoms with Gasteiger partial charge in [0, 0.05) is 45.9 Å². The molecule has 1 aliphatic rings. The predicted octanol–water partition coefficient (Wildman–Crippen LogP) is 13.8. The SMILES string of the molecule is [2H]C([2H])([2H])N1CN(c2cc(Oc3ccc4c5ccccc5n(-c5cc(C(C)(C)C)ccn5)c4c3)cc(-c3c(-c4ccccc4)cccc3-c3ccccc3)c2)c2ccccc21. The molecule has 1 aliphatic heterocycles. The number of ether oxygens (including phenoxy) is 1. The number of rotatable bonds is 7. The second-order valence-corrected chi connectivity index (χ2v) is 15.9. The molecule has 0 unspecified atom stereocenters. The minimum absolute atomic E-state index is 0.0523. The number of hydrogen-bond acceptors (Lipinski definition) is 4. The number of aromatic nitrogens is 2. The molecule has 3 heterocycles. The van der Waals surface area contributed by atoms with Crippen molar-refractivity contribution >= 4 is 38.9 Å². The lowest BCUT2D eigenvalue weighted by Gasteiger charge is -2.23. The Hall–Kier alpha value is -7.11. The van der Waals surface area contributed by atoms with Gasteiger partial charge >= 0.3 is 0 Å². The third-order valence-corrected chi connectivity index (χ3v) is 11.2. The van der Waals surface area contributed by atoms with Crippen LogP contribution in [0.15, 0.2) is 182 Å². The lowest BCUT2D eigenvalue weighted by molar-refractivity contribution is 0.483. The fourth-order valence-corrected chi connectivity index (χ4v) is 8.36. The van der Waals surface area contributed by atoms with Gasteiger partial charge in [0.2, 0.25) is 0 Å². The van der Waals surface area contributed by atoms with Crippen LogP contribution in [0, 0.1) is 0 Å². The number of hydrogen-bond donors (Lipinski definition) is 0. The van der Waals surface area contributed by atoms with Crippen molar-refractivity contribution in [1.82, 2.24) is 9.55 Å². The van der Waals surface area contributed by atoms with E-state index in [1.165, 1.54) is 10.5 Å². The number of para-hydroxylation sites is 3. The van der Waals surface area contributed by atoms with Gasteiger partial charge in [-0.2, -0.15) is 0 Å². The van der Waals surface area contributed by atoms with Crippen LogP contribution in [-0.4, -0.2) is 23.2 Å². The fraction of sp³-hybridized carbons (Fsp3) is 0.113. The largest absolute Gasteiger partial charge is 0.457 e. The summed E-state index contributed by atoms with van der Waals surface area (Å²) < 4.78 is 34.6. The maximum absolute atomic E-state index is 8.46. The van der Waals surface area contributed by atoms with Crippen LogP contribution >= 0.6 is 0 Å². The maximum Gasteiger partial charge on any atom is 0.137 e. The van der Waals surface area contributed by atoms with Gasteiger partial charge in [0.1, 0.15) is 17.3 Å². The number of pyridine rings is 1. The van der Waals surface area contributed by atoms with Gasteiger partial charge in [-0.1, -0.05) is 130 Å². The van der Waals surface area contributed by atoms with E-state index in [1.807, 2.05) is 54.7 Å². The van der Waals surface area contributed by atoms with E-state index in [0.717, 1.165) is 72.4 Å². The molecular weight excluding hydrogens is 709 g/mol. The number of anilines is 3. The molecule has 0 atom stereocenters. The zero-order chi connectivity index (χ0) is 41.9. The molecule has 58 heavy (non-hydrogen) atoms. The fourth-order valence-electron chi connectivity index (χ4n) is 8.36. The van der Waals surface area contributed by atoms with Gasteiger partial charge in [-0.15, -0.1) is 0 Å². The molecule has 0 fully saturated rings. The summed E-state index contributed by atoms with van der Waals surface area (Å²) in [7, 11) is 0. The van der Waals surface area contributed by atoms with Gasteiger partial charge in [0.25, 0.3) is 0 Å². The normalized spacial score (nSPS) is 13.7. The first-order valence-corrected chi connectivity index (χ1v) is 19.7. The average molecular weight is 756 g/mol. The number of fused-ring (bicyclic) bond motifs is 4. The zero-order valence-electron chi connectivity index (χ0n) is 35.7. The highest BCUT2D eigenvalue weighted by molar-refractivity contribution is 6.09. The molecule has 10 rings (SSSR count). The predicted molar refractivity (Wildman–Crippen MR) is 242 cm³/mol. The molecule has 282 valence electrons. The topological polar surface area (TPSA) is 33.5 Å². The zero-order valence-corrected chi connectivity index (χ0v) is 32.7. The van der Waals surface area contributed by atoms with Crippen molar-refractivity contribution in [3.8, 4) is 50.7 Å². The second-order valence-electron chi connectivity index (χ2n) is 15.9. The molecule has 5 nitrogen and oxygen atoms in total. The lowest BCUT2D eigenvalue weighted by atomic mass is 9.87. The van der Waals surface area contributed by atoms with Gasteiger partial charge in [-0.25, -0.2) is 4.98 Å². The van der Waals surface area contributed by atoms with E-state index in [0.29, 0.717) is 17.2 Å². The minimum atomic E-state index is -2.34. The highest BCUT2D eigenvalue weighted by Crippen LogP contribution is 2.47. The quantitative estimate of drug-likeness (QED) is 0.162. The third kappa shape index (κ3) is 6.25. The van der Waals surface area contributed by atoms with Crippen molar-refractivity contribution in [2.75, 3.05) is 23.4 Å². The summed E-state index contributed by atoms with van der Waals surface area (Å²) in [4.78, 5) is 8.45. The van der Waals surface area contributed by atoms with E-state index < -0.39 is 6.98 Å². The van der Waals surface area contributed by atoms with Crippen LogP contribution in [0.25, 0.3) is 61.0 Å². The molecule has 0 radical (unpaired) electrons. The molecule has 5 heteroatoms. The molecule has 0 saturated carbocycles. The van der Waals surface area contributed by atoms with E-state index in [9.17, 15) is 0 Å². The van der Waals surface area contributed by atoms with E-state index in [4.69, 9.17) is 13.8 Å². The first-order valence-electron chi connectivity index (χ1n) is 21.2. The standard InChI is InChI=1S/C53H44N4O/c1-53(2,3)39-28-29-54-51(32-39)57-47-23-12-11-20-45(47)46-27-26-41(34-50(46)57)58-42-31-38(30-40(33-42)56-35-55(4)48-24-13-14-25-49(48)56)52-43(36-16-7-5-8-17-36)21-15-22-44(52)37-18-9-6-10-19-37/h5-34H,35H2,1-4H3/i4D3. The Labute approximate surface area is 344 Å². The van der Waals surface area contributed by atoms with Crippen molar-refractivity contribution in [1.29, 1.82) is 0 Å². The summed E-state index contributed by atoms with van der Waals surface area (Å²) in [6.45, 7) is 4.47. The Morgan fingerprint density at radius 2 is 1.24 bits per heavy atom. The third-order valence-electron chi connectivity index (χ3n) is 11.2. The summed E-state index contributed by atoms with van der Waals surface area (Å²) in [5.41, 5.74) is 11.8. The van der Waals surface area contributed by atoms with Crippen LogP contribution in [0.5, 0.6) is 11.5 Å². The molecule has 0 bridgehead atoms. The summed E-state index contributed by atoms with van der Waals surface area (Å²) in [6.07, 6.45) is 1.89. The Kier molecular flexibility index (Phi) is 7.80. The number of nitrogens with zero attached hydrogens (tertiary/aromatic N) is 4. The average Bonchev–Trinajstić information content (AvgIpc) is 3.83. The smallest absolute Gasteiger partial charge is 0.137 e. The van der Waals surface area contributed by atoms with E-state index in [-0.39, 0.29) is 12.1 Å². The molecular formula is C53H44N4O. The maximum atomic E-state index is 8.46. The number of benzene rings is 7. The van der Waals surface area contributed by atoms with Crippen molar-refractivity contribution < 1.29 is 8.85 Å². The molecule has 2 aromatic heterocycles. The monoisotopic (exact) mass is 755 g/mol. The molecule has 0 aliphatic carbocycles. The van der Waals surface area contributed by atoms with Gasteiger partial charge in [-0.3, -0.25) is 4.57 Å². The Balaban J connectivity index is 1.18. The first kappa shape index (κ1) is 32.0. The summed E-state index contributed by atoms with van der Waals surface area (Å²) in [6, 6.07) is 60.3. The van der Waals surface area contributed by atoms with Crippen molar-refractivity contribution in [3.63, 3.8) is 0 Å². The second kappa shape index (κ2) is 14.1. The molecule has 0 amide bonds. The van der Waals surface area contributed by atoms with Crippen LogP contribution in [0.3, 0.4) is 0 Å². The Morgan fingerprint density at radius 3 is 1.97 bits per heavy atom. The van der Waals surface area contributed by atoms with Gasteiger partial charge in [0.05, 0.1) is 29.1 Å². The van der Waals surface area contributed by atoms with Gasteiger partial charge < -0.3 is 14.5 Å². The Bertz CT molecular complexity index is 3020. The lowest BCUT2D eigenvalue weighted by Crippen LogP contribution is -2.24. The summed E-state index contributed by atoms with van der Waals surface area (Å²) in [5.74, 6) is 2.13. The van der Waals surface area contributed by atoms with Gasteiger partial charge in [-0.05, 0) is 99.0 Å². The summed E-state index contributed by atoms with van der Waals surface area (Å²) in [5, 5.41) is 2.23. The molecule has 0 spiro atoms. The van der Waals surface area contributed by atoms with E-state index in [1.54, 1.807) is 0 Å². The highest BCUT2D eigenvalue weighted by atomic mass is 16.5. The minimum Gasteiger partial charge on any atom is -0.457 e. The Morgan fingerprint density at radius 1 is 0.569 bits per heavy atom. The van der Waals surface area contributed by atoms with Crippen LogP contribution < -0.4 is 14.5 Å². The highest BCUT2D eigenvalue weighted by Gasteiger charge is 2.26. The van der Waals surface area contributed by atoms with Crippen LogP contribution in [0.2, 0.25) is 0 Å². The molecule has 7 aromatic carbocycles. The van der Waals surface area contributed by atoms with Gasteiger partial charge in [0.15, 0.2) is 0 Å². The van der Waals surface area contributed by atoms with Crippen LogP contribution in [0.1, 0.15) is 30.4 Å². The van der Waals surface area contributed by atoms with E-state index in [2.05, 4.69) is 158 Å². The molecule has 0 N–H and O–H groups in total. The summed E-state index contributed by atoms with van der Waals surface area (Å²) >= 11 is 0. The van der Waals surface area contributed by atoms with Crippen LogP contribution in [0.4, 0.5) is 17.1 Å². The van der Waals surface area contributed by atoms with Crippen LogP contribution in [-0.2, 0) is 5.41 Å². The van der Waals surface area contributed by atoms with E-state index >= 15 is 0 Å². The first-order chi connectivity index (χ1) is 29.5. The van der Waals surface area contributed by atoms with Crippen molar-refractivity contribution in [3.05, 3.63) is 188 Å². The molecule has 9 aromatic rings. The van der Waals surface area contributed by atoms with Crippen molar-refractivity contribution in [2.24, 2.45) is 0 Å². The molecule has 0 saturated heterocycles.